The maximum atomic E-state index is 13.8. The van der Waals surface area contributed by atoms with Crippen LogP contribution in [0, 0.1) is 5.82 Å². The van der Waals surface area contributed by atoms with Crippen molar-refractivity contribution in [3.05, 3.63) is 40.4 Å². The molecule has 1 saturated heterocycles. The van der Waals surface area contributed by atoms with Crippen LogP contribution in [0.5, 0.6) is 0 Å². The van der Waals surface area contributed by atoms with E-state index in [2.05, 4.69) is 0 Å². The molecule has 1 aliphatic heterocycles. The van der Waals surface area contributed by atoms with Crippen LogP contribution in [0.1, 0.15) is 5.56 Å². The molecule has 0 aromatic heterocycles. The SMILES string of the molecule is O=C(O)/C(=C/c1c(F)cccc1Cl)O[C@H]1O[C@@H](CO)[C@@H](O)[C@@H](O)[C@@H]1O. The van der Waals surface area contributed by atoms with Crippen molar-refractivity contribution < 1.29 is 44.2 Å². The predicted octanol–water partition coefficient (Wildman–Crippen LogP) is -0.279. The van der Waals surface area contributed by atoms with Gasteiger partial charge in [-0.2, -0.15) is 0 Å². The van der Waals surface area contributed by atoms with Gasteiger partial charge >= 0.3 is 5.97 Å². The first-order valence-corrected chi connectivity index (χ1v) is 7.50. The first kappa shape index (κ1) is 19.6. The van der Waals surface area contributed by atoms with Gasteiger partial charge in [-0.05, 0) is 18.2 Å². The van der Waals surface area contributed by atoms with E-state index in [0.29, 0.717) is 0 Å². The van der Waals surface area contributed by atoms with Crippen LogP contribution >= 0.6 is 11.6 Å². The summed E-state index contributed by atoms with van der Waals surface area (Å²) in [5.41, 5.74) is -0.258. The number of aliphatic hydroxyl groups excluding tert-OH is 4. The van der Waals surface area contributed by atoms with E-state index < -0.39 is 54.9 Å². The molecule has 0 bridgehead atoms. The first-order valence-electron chi connectivity index (χ1n) is 7.12. The van der Waals surface area contributed by atoms with Gasteiger partial charge < -0.3 is 35.0 Å². The van der Waals surface area contributed by atoms with Gasteiger partial charge in [0.05, 0.1) is 11.6 Å². The second-order valence-electron chi connectivity index (χ2n) is 5.26. The number of carbonyl (C=O) groups is 1. The van der Waals surface area contributed by atoms with E-state index in [4.69, 9.17) is 26.2 Å². The summed E-state index contributed by atoms with van der Waals surface area (Å²) in [5, 5.41) is 47.5. The molecule has 0 radical (unpaired) electrons. The average molecular weight is 379 g/mol. The van der Waals surface area contributed by atoms with Crippen LogP contribution in [-0.2, 0) is 14.3 Å². The molecule has 1 aromatic rings. The van der Waals surface area contributed by atoms with Gasteiger partial charge in [0.25, 0.3) is 0 Å². The molecule has 10 heteroatoms. The van der Waals surface area contributed by atoms with Crippen molar-refractivity contribution in [2.24, 2.45) is 0 Å². The van der Waals surface area contributed by atoms with Crippen molar-refractivity contribution in [1.82, 2.24) is 0 Å². The Hall–Kier alpha value is -1.75. The standard InChI is InChI=1S/C15H16ClFO8/c16-7-2-1-3-8(17)6(7)4-9(14(22)23)24-15-13(21)12(20)11(19)10(5-18)25-15/h1-4,10-13,15,18-21H,5H2,(H,22,23)/b9-4-/t10-,11+,12+,13-,15-/m0/s1. The molecule has 5 N–H and O–H groups in total. The third-order valence-electron chi connectivity index (χ3n) is 3.58. The first-order chi connectivity index (χ1) is 11.8. The lowest BCUT2D eigenvalue weighted by Crippen LogP contribution is -2.59. The van der Waals surface area contributed by atoms with E-state index in [1.807, 2.05) is 0 Å². The van der Waals surface area contributed by atoms with Gasteiger partial charge in [-0.15, -0.1) is 0 Å². The Bertz CT molecular complexity index is 645. The van der Waals surface area contributed by atoms with Crippen molar-refractivity contribution in [3.8, 4) is 0 Å². The maximum absolute atomic E-state index is 13.8. The summed E-state index contributed by atoms with van der Waals surface area (Å²) in [6.07, 6.45) is -7.39. The molecule has 1 heterocycles. The molecule has 1 aromatic carbocycles. The molecule has 1 aliphatic rings. The van der Waals surface area contributed by atoms with Gasteiger partial charge in [-0.25, -0.2) is 9.18 Å². The number of halogens is 2. The second-order valence-corrected chi connectivity index (χ2v) is 5.67. The predicted molar refractivity (Wildman–Crippen MR) is 81.9 cm³/mol. The second kappa shape index (κ2) is 8.09. The number of aliphatic hydroxyl groups is 4. The Morgan fingerprint density at radius 3 is 2.52 bits per heavy atom. The number of hydrogen-bond acceptors (Lipinski definition) is 7. The summed E-state index contributed by atoms with van der Waals surface area (Å²) in [5.74, 6) is -3.24. The van der Waals surface area contributed by atoms with Gasteiger partial charge in [0.15, 0.2) is 0 Å². The van der Waals surface area contributed by atoms with Crippen LogP contribution in [0.4, 0.5) is 4.39 Å². The van der Waals surface area contributed by atoms with Gasteiger partial charge in [-0.3, -0.25) is 0 Å². The van der Waals surface area contributed by atoms with Gasteiger partial charge in [-0.1, -0.05) is 17.7 Å². The zero-order chi connectivity index (χ0) is 18.7. The van der Waals surface area contributed by atoms with Crippen LogP contribution in [-0.4, -0.2) is 68.8 Å². The molecule has 25 heavy (non-hydrogen) atoms. The molecule has 2 rings (SSSR count). The fraction of sp³-hybridized carbons (Fsp3) is 0.400. The lowest BCUT2D eigenvalue weighted by Gasteiger charge is -2.39. The highest BCUT2D eigenvalue weighted by Gasteiger charge is 2.45. The van der Waals surface area contributed by atoms with E-state index in [0.717, 1.165) is 12.1 Å². The third kappa shape index (κ3) is 4.27. The molecule has 0 aliphatic carbocycles. The average Bonchev–Trinajstić information content (AvgIpc) is 2.57. The van der Waals surface area contributed by atoms with E-state index in [1.54, 1.807) is 0 Å². The molecule has 138 valence electrons. The highest BCUT2D eigenvalue weighted by Crippen LogP contribution is 2.26. The Morgan fingerprint density at radius 2 is 1.96 bits per heavy atom. The van der Waals surface area contributed by atoms with E-state index >= 15 is 0 Å². The molecule has 0 amide bonds. The highest BCUT2D eigenvalue weighted by molar-refractivity contribution is 6.32. The summed E-state index contributed by atoms with van der Waals surface area (Å²) < 4.78 is 23.9. The summed E-state index contributed by atoms with van der Waals surface area (Å²) in [4.78, 5) is 11.3. The highest BCUT2D eigenvalue weighted by atomic mass is 35.5. The van der Waals surface area contributed by atoms with Crippen LogP contribution in [0.25, 0.3) is 6.08 Å². The van der Waals surface area contributed by atoms with Crippen LogP contribution in [0.2, 0.25) is 5.02 Å². The topological polar surface area (TPSA) is 137 Å². The third-order valence-corrected chi connectivity index (χ3v) is 3.91. The van der Waals surface area contributed by atoms with Gasteiger partial charge in [0.2, 0.25) is 12.0 Å². The summed E-state index contributed by atoms with van der Waals surface area (Å²) >= 11 is 5.82. The van der Waals surface area contributed by atoms with E-state index in [1.165, 1.54) is 12.1 Å². The van der Waals surface area contributed by atoms with E-state index in [9.17, 15) is 29.6 Å². The molecule has 5 atom stereocenters. The fourth-order valence-corrected chi connectivity index (χ4v) is 2.43. The zero-order valence-electron chi connectivity index (χ0n) is 12.6. The van der Waals surface area contributed by atoms with Crippen molar-refractivity contribution in [2.45, 2.75) is 30.7 Å². The normalized spacial score (nSPS) is 30.2. The number of carboxylic acids is 1. The number of carboxylic acid groups (broad SMARTS) is 1. The number of ether oxygens (including phenoxy) is 2. The van der Waals surface area contributed by atoms with E-state index in [-0.39, 0.29) is 10.6 Å². The maximum Gasteiger partial charge on any atom is 0.371 e. The lowest BCUT2D eigenvalue weighted by molar-refractivity contribution is -0.291. The largest absolute Gasteiger partial charge is 0.475 e. The Morgan fingerprint density at radius 1 is 1.28 bits per heavy atom. The summed E-state index contributed by atoms with van der Waals surface area (Å²) in [6.45, 7) is -0.712. The molecule has 1 fully saturated rings. The van der Waals surface area contributed by atoms with Gasteiger partial charge in [0.1, 0.15) is 30.2 Å². The minimum Gasteiger partial charge on any atom is -0.475 e. The monoisotopic (exact) mass is 378 g/mol. The lowest BCUT2D eigenvalue weighted by atomic mass is 9.99. The van der Waals surface area contributed by atoms with Crippen LogP contribution in [0.15, 0.2) is 24.0 Å². The Labute approximate surface area is 146 Å². The minimum atomic E-state index is -1.81. The molecule has 0 saturated carbocycles. The van der Waals surface area contributed by atoms with Crippen molar-refractivity contribution in [3.63, 3.8) is 0 Å². The van der Waals surface area contributed by atoms with Crippen molar-refractivity contribution in [1.29, 1.82) is 0 Å². The van der Waals surface area contributed by atoms with Crippen LogP contribution < -0.4 is 0 Å². The Kier molecular flexibility index (Phi) is 6.33. The zero-order valence-corrected chi connectivity index (χ0v) is 13.4. The van der Waals surface area contributed by atoms with Crippen LogP contribution in [0.3, 0.4) is 0 Å². The molecule has 0 unspecified atom stereocenters. The molecule has 0 spiro atoms. The quantitative estimate of drug-likeness (QED) is 0.348. The molecular weight excluding hydrogens is 363 g/mol. The van der Waals surface area contributed by atoms with Crippen molar-refractivity contribution >= 4 is 23.6 Å². The Balaban J connectivity index is 2.30. The number of benzene rings is 1. The number of aliphatic carboxylic acids is 1. The van der Waals surface area contributed by atoms with Crippen molar-refractivity contribution in [2.75, 3.05) is 6.61 Å². The fourth-order valence-electron chi connectivity index (χ4n) is 2.22. The molecule has 8 nitrogen and oxygen atoms in total. The summed E-state index contributed by atoms with van der Waals surface area (Å²) in [7, 11) is 0. The smallest absolute Gasteiger partial charge is 0.371 e. The number of hydrogen-bond donors (Lipinski definition) is 5. The van der Waals surface area contributed by atoms with Gasteiger partial charge in [0, 0.05) is 5.56 Å². The minimum absolute atomic E-state index is 0.0730. The number of rotatable bonds is 5. The summed E-state index contributed by atoms with van der Waals surface area (Å²) in [6, 6.07) is 3.72. The molecular formula is C15H16ClFO8.